The van der Waals surface area contributed by atoms with Crippen LogP contribution in [0.5, 0.6) is 0 Å². The lowest BCUT2D eigenvalue weighted by molar-refractivity contribution is 0.252. The summed E-state index contributed by atoms with van der Waals surface area (Å²) >= 11 is 0. The predicted molar refractivity (Wildman–Crippen MR) is 50.4 cm³/mol. The van der Waals surface area contributed by atoms with Crippen LogP contribution in [0.4, 0.5) is 16.3 Å². The number of rotatable bonds is 2. The number of hydrogen-bond acceptors (Lipinski definition) is 3. The Morgan fingerprint density at radius 1 is 1.69 bits per heavy atom. The van der Waals surface area contributed by atoms with E-state index in [4.69, 9.17) is 5.73 Å². The van der Waals surface area contributed by atoms with Crippen LogP contribution in [0.1, 0.15) is 12.6 Å². The van der Waals surface area contributed by atoms with E-state index in [1.165, 1.54) is 0 Å². The average molecular weight is 183 g/mol. The molecule has 0 radical (unpaired) electrons. The minimum Gasteiger partial charge on any atom is -0.394 e. The Bertz CT molecular complexity index is 306. The number of nitrogen functional groups attached to an aromatic ring is 1. The Kier molecular flexibility index (Phi) is 2.73. The standard InChI is InChI=1S/C7H13N5O/c1-3-9-7(13)10-6-5(8)4(2)11-12-6/h3,8H2,1-2H3,(H3,9,10,11,12,13). The third kappa shape index (κ3) is 2.11. The molecule has 0 aromatic carbocycles. The molecule has 1 aromatic rings. The average Bonchev–Trinajstić information content (AvgIpc) is 2.37. The molecule has 0 aliphatic heterocycles. The smallest absolute Gasteiger partial charge is 0.320 e. The lowest BCUT2D eigenvalue weighted by Gasteiger charge is -2.02. The molecule has 0 aliphatic carbocycles. The Labute approximate surface area is 75.9 Å². The lowest BCUT2D eigenvalue weighted by atomic mass is 10.4. The van der Waals surface area contributed by atoms with E-state index in [0.717, 1.165) is 5.69 Å². The number of urea groups is 1. The van der Waals surface area contributed by atoms with Gasteiger partial charge in [-0.3, -0.25) is 10.4 Å². The molecule has 0 fully saturated rings. The van der Waals surface area contributed by atoms with Gasteiger partial charge < -0.3 is 11.1 Å². The first-order valence-corrected chi connectivity index (χ1v) is 4.00. The highest BCUT2D eigenvalue weighted by Gasteiger charge is 2.08. The second kappa shape index (κ2) is 3.79. The Balaban J connectivity index is 2.64. The molecule has 6 heteroatoms. The van der Waals surface area contributed by atoms with Crippen molar-refractivity contribution in [2.45, 2.75) is 13.8 Å². The minimum atomic E-state index is -0.305. The zero-order chi connectivity index (χ0) is 9.84. The van der Waals surface area contributed by atoms with Gasteiger partial charge in [-0.1, -0.05) is 0 Å². The molecular weight excluding hydrogens is 170 g/mol. The maximum atomic E-state index is 11.0. The van der Waals surface area contributed by atoms with Crippen molar-refractivity contribution in [2.24, 2.45) is 0 Å². The molecule has 6 nitrogen and oxygen atoms in total. The van der Waals surface area contributed by atoms with E-state index >= 15 is 0 Å². The van der Waals surface area contributed by atoms with E-state index in [1.54, 1.807) is 6.92 Å². The van der Waals surface area contributed by atoms with Crippen LogP contribution in [-0.4, -0.2) is 22.8 Å². The van der Waals surface area contributed by atoms with Crippen molar-refractivity contribution < 1.29 is 4.79 Å². The van der Waals surface area contributed by atoms with Gasteiger partial charge in [-0.25, -0.2) is 4.79 Å². The summed E-state index contributed by atoms with van der Waals surface area (Å²) in [5.74, 6) is 0.364. The summed E-state index contributed by atoms with van der Waals surface area (Å²) in [5.41, 5.74) is 6.82. The first kappa shape index (κ1) is 9.37. The Morgan fingerprint density at radius 2 is 2.38 bits per heavy atom. The molecule has 0 saturated heterocycles. The van der Waals surface area contributed by atoms with Gasteiger partial charge in [0.1, 0.15) is 0 Å². The molecule has 5 N–H and O–H groups in total. The minimum absolute atomic E-state index is 0.305. The molecule has 2 amide bonds. The summed E-state index contributed by atoms with van der Waals surface area (Å²) in [6.45, 7) is 4.18. The number of nitrogens with zero attached hydrogens (tertiary/aromatic N) is 1. The molecular formula is C7H13N5O. The highest BCUT2D eigenvalue weighted by Crippen LogP contribution is 2.17. The predicted octanol–water partition coefficient (Wildman–Crippen LogP) is 0.442. The van der Waals surface area contributed by atoms with Gasteiger partial charge in [0.25, 0.3) is 0 Å². The maximum absolute atomic E-state index is 11.0. The van der Waals surface area contributed by atoms with Gasteiger partial charge in [0.05, 0.1) is 11.4 Å². The second-order valence-corrected chi connectivity index (χ2v) is 2.60. The Morgan fingerprint density at radius 3 is 2.85 bits per heavy atom. The van der Waals surface area contributed by atoms with Crippen molar-refractivity contribution in [3.05, 3.63) is 5.69 Å². The topological polar surface area (TPSA) is 95.8 Å². The van der Waals surface area contributed by atoms with Crippen molar-refractivity contribution in [3.8, 4) is 0 Å². The Hall–Kier alpha value is -1.72. The van der Waals surface area contributed by atoms with Crippen molar-refractivity contribution in [1.29, 1.82) is 0 Å². The monoisotopic (exact) mass is 183 g/mol. The van der Waals surface area contributed by atoms with Crippen LogP contribution < -0.4 is 16.4 Å². The summed E-state index contributed by atoms with van der Waals surface area (Å²) in [4.78, 5) is 11.0. The SMILES string of the molecule is CCNC(=O)Nc1n[nH]c(C)c1N. The fraction of sp³-hybridized carbons (Fsp3) is 0.429. The van der Waals surface area contributed by atoms with Crippen molar-refractivity contribution in [3.63, 3.8) is 0 Å². The van der Waals surface area contributed by atoms with Gasteiger partial charge >= 0.3 is 6.03 Å². The third-order valence-corrected chi connectivity index (χ3v) is 1.56. The number of aromatic nitrogens is 2. The van der Waals surface area contributed by atoms with Crippen LogP contribution >= 0.6 is 0 Å². The van der Waals surface area contributed by atoms with Crippen LogP contribution in [-0.2, 0) is 0 Å². The third-order valence-electron chi connectivity index (χ3n) is 1.56. The van der Waals surface area contributed by atoms with Crippen LogP contribution in [0, 0.1) is 6.92 Å². The van der Waals surface area contributed by atoms with E-state index in [1.807, 2.05) is 6.92 Å². The van der Waals surface area contributed by atoms with E-state index in [0.29, 0.717) is 18.1 Å². The first-order valence-electron chi connectivity index (χ1n) is 4.00. The van der Waals surface area contributed by atoms with Gasteiger partial charge in [-0.2, -0.15) is 5.10 Å². The summed E-state index contributed by atoms with van der Waals surface area (Å²) in [6, 6.07) is -0.305. The number of hydrogen-bond donors (Lipinski definition) is 4. The first-order chi connectivity index (χ1) is 6.15. The summed E-state index contributed by atoms with van der Waals surface area (Å²) in [5, 5.41) is 11.6. The highest BCUT2D eigenvalue weighted by molar-refractivity contribution is 5.91. The number of carbonyl (C=O) groups excluding carboxylic acids is 1. The molecule has 0 saturated carbocycles. The summed E-state index contributed by atoms with van der Waals surface area (Å²) in [7, 11) is 0. The molecule has 1 rings (SSSR count). The molecule has 0 unspecified atom stereocenters. The van der Waals surface area contributed by atoms with Crippen LogP contribution in [0.3, 0.4) is 0 Å². The zero-order valence-corrected chi connectivity index (χ0v) is 7.64. The molecule has 13 heavy (non-hydrogen) atoms. The number of carbonyl (C=O) groups is 1. The highest BCUT2D eigenvalue weighted by atomic mass is 16.2. The zero-order valence-electron chi connectivity index (χ0n) is 7.64. The molecule has 1 aromatic heterocycles. The number of aromatic amines is 1. The summed E-state index contributed by atoms with van der Waals surface area (Å²) in [6.07, 6.45) is 0. The number of H-pyrrole nitrogens is 1. The normalized spacial score (nSPS) is 9.69. The van der Waals surface area contributed by atoms with E-state index in [2.05, 4.69) is 20.8 Å². The fourth-order valence-electron chi connectivity index (χ4n) is 0.845. The lowest BCUT2D eigenvalue weighted by Crippen LogP contribution is -2.28. The van der Waals surface area contributed by atoms with Gasteiger partial charge in [0, 0.05) is 6.54 Å². The largest absolute Gasteiger partial charge is 0.394 e. The van der Waals surface area contributed by atoms with Crippen molar-refractivity contribution >= 4 is 17.5 Å². The van der Waals surface area contributed by atoms with Crippen LogP contribution in [0.15, 0.2) is 0 Å². The quantitative estimate of drug-likeness (QED) is 0.535. The summed E-state index contributed by atoms with van der Waals surface area (Å²) < 4.78 is 0. The van der Waals surface area contributed by atoms with E-state index in [9.17, 15) is 4.79 Å². The van der Waals surface area contributed by atoms with Gasteiger partial charge in [0.15, 0.2) is 5.82 Å². The molecule has 0 spiro atoms. The molecule has 0 aliphatic rings. The van der Waals surface area contributed by atoms with E-state index < -0.39 is 0 Å². The molecule has 0 bridgehead atoms. The maximum Gasteiger partial charge on any atom is 0.320 e. The second-order valence-electron chi connectivity index (χ2n) is 2.60. The van der Waals surface area contributed by atoms with E-state index in [-0.39, 0.29) is 6.03 Å². The number of nitrogens with one attached hydrogen (secondary N) is 3. The number of aryl methyl sites for hydroxylation is 1. The molecule has 1 heterocycles. The number of anilines is 2. The van der Waals surface area contributed by atoms with Crippen LogP contribution in [0.2, 0.25) is 0 Å². The molecule has 0 atom stereocenters. The fourth-order valence-corrected chi connectivity index (χ4v) is 0.845. The number of amides is 2. The van der Waals surface area contributed by atoms with Gasteiger partial charge in [-0.05, 0) is 13.8 Å². The van der Waals surface area contributed by atoms with Crippen LogP contribution in [0.25, 0.3) is 0 Å². The van der Waals surface area contributed by atoms with Gasteiger partial charge in [0.2, 0.25) is 0 Å². The van der Waals surface area contributed by atoms with Crippen molar-refractivity contribution in [2.75, 3.05) is 17.6 Å². The number of nitrogens with two attached hydrogens (primary N) is 1. The molecule has 72 valence electrons. The van der Waals surface area contributed by atoms with Gasteiger partial charge in [-0.15, -0.1) is 0 Å². The van der Waals surface area contributed by atoms with Crippen molar-refractivity contribution in [1.82, 2.24) is 15.5 Å².